The van der Waals surface area contributed by atoms with Crippen molar-refractivity contribution in [3.8, 4) is 0 Å². The van der Waals surface area contributed by atoms with Crippen LogP contribution in [0.5, 0.6) is 0 Å². The lowest BCUT2D eigenvalue weighted by molar-refractivity contribution is 0.563. The number of hydrogen-bond acceptors (Lipinski definition) is 4. The monoisotopic (exact) mass is 264 g/mol. The van der Waals surface area contributed by atoms with Crippen LogP contribution in [0.15, 0.2) is 34.6 Å². The molecule has 0 heterocycles. The van der Waals surface area contributed by atoms with Crippen LogP contribution in [-0.4, -0.2) is 23.1 Å². The minimum absolute atomic E-state index is 0.118. The van der Waals surface area contributed by atoms with E-state index in [-0.39, 0.29) is 4.90 Å². The summed E-state index contributed by atoms with van der Waals surface area (Å²) in [5.74, 6) is 0. The first kappa shape index (κ1) is 12.9. The third kappa shape index (κ3) is 4.11. The molecule has 1 rings (SSSR count). The Hall–Kier alpha value is -1.21. The molecule has 88 valence electrons. The van der Waals surface area contributed by atoms with Crippen LogP contribution in [-0.2, 0) is 20.1 Å². The predicted molar refractivity (Wildman–Crippen MR) is 58.6 cm³/mol. The van der Waals surface area contributed by atoms with Gasteiger partial charge in [-0.2, -0.15) is 8.42 Å². The van der Waals surface area contributed by atoms with Gasteiger partial charge in [-0.05, 0) is 23.8 Å². The molecule has 0 atom stereocenters. The van der Waals surface area contributed by atoms with E-state index in [0.717, 1.165) is 12.3 Å². The lowest BCUT2D eigenvalue weighted by Gasteiger charge is -1.98. The predicted octanol–water partition coefficient (Wildman–Crippen LogP) is 1.36. The molecule has 0 aliphatic heterocycles. The summed E-state index contributed by atoms with van der Waals surface area (Å²) in [5.41, 5.74) is 0.397. The topological polar surface area (TPSA) is 68.3 Å². The molecule has 0 amide bonds. The van der Waals surface area contributed by atoms with E-state index in [4.69, 9.17) is 0 Å². The summed E-state index contributed by atoms with van der Waals surface area (Å²) in [4.78, 5) is 0.118. The van der Waals surface area contributed by atoms with Crippen LogP contribution in [0.1, 0.15) is 5.56 Å². The van der Waals surface area contributed by atoms with E-state index in [1.165, 1.54) is 24.3 Å². The third-order valence-electron chi connectivity index (χ3n) is 1.73. The summed E-state index contributed by atoms with van der Waals surface area (Å²) < 4.78 is 54.7. The van der Waals surface area contributed by atoms with Gasteiger partial charge in [-0.25, -0.2) is 8.42 Å². The zero-order chi connectivity index (χ0) is 12.4. The maximum atomic E-state index is 12.1. The first-order valence-corrected chi connectivity index (χ1v) is 7.45. The smallest absolute Gasteiger partial charge is 0.224 e. The van der Waals surface area contributed by atoms with Crippen molar-refractivity contribution in [3.05, 3.63) is 35.2 Å². The van der Waals surface area contributed by atoms with E-state index >= 15 is 0 Å². The zero-order valence-electron chi connectivity index (χ0n) is 8.29. The van der Waals surface area contributed by atoms with Gasteiger partial charge in [0.1, 0.15) is 0 Å². The number of halogens is 1. The molecule has 1 aromatic carbocycles. The molecule has 16 heavy (non-hydrogen) atoms. The first-order valence-electron chi connectivity index (χ1n) is 4.11. The lowest BCUT2D eigenvalue weighted by atomic mass is 10.2. The van der Waals surface area contributed by atoms with Crippen molar-refractivity contribution in [3.63, 3.8) is 0 Å². The van der Waals surface area contributed by atoms with Gasteiger partial charge in [0.2, 0.25) is 0 Å². The van der Waals surface area contributed by atoms with Gasteiger partial charge in [0.25, 0.3) is 0 Å². The van der Waals surface area contributed by atoms with E-state index in [1.807, 2.05) is 0 Å². The Labute approximate surface area is 93.5 Å². The maximum Gasteiger partial charge on any atom is 0.325 e. The fourth-order valence-corrected chi connectivity index (χ4v) is 1.94. The average Bonchev–Trinajstić information content (AvgIpc) is 2.13. The molecule has 0 aromatic heterocycles. The molecule has 0 unspecified atom stereocenters. The van der Waals surface area contributed by atoms with Crippen molar-refractivity contribution >= 4 is 26.1 Å². The summed E-state index contributed by atoms with van der Waals surface area (Å²) >= 11 is 0. The molecule has 0 saturated heterocycles. The van der Waals surface area contributed by atoms with E-state index in [2.05, 4.69) is 0 Å². The van der Waals surface area contributed by atoms with Gasteiger partial charge in [-0.1, -0.05) is 12.1 Å². The first-order chi connectivity index (χ1) is 7.18. The normalized spacial score (nSPS) is 13.1. The van der Waals surface area contributed by atoms with Gasteiger partial charge in [0.05, 0.1) is 10.3 Å². The molecule has 0 aliphatic carbocycles. The molecule has 0 spiro atoms. The van der Waals surface area contributed by atoms with Crippen LogP contribution in [0, 0.1) is 0 Å². The van der Waals surface area contributed by atoms with Crippen molar-refractivity contribution in [1.29, 1.82) is 0 Å². The van der Waals surface area contributed by atoms with Gasteiger partial charge in [-0.15, -0.1) is 3.89 Å². The molecule has 7 heteroatoms. The molecule has 0 aliphatic rings. The molecule has 0 saturated carbocycles. The van der Waals surface area contributed by atoms with Crippen molar-refractivity contribution in [2.45, 2.75) is 4.90 Å². The molecule has 0 bridgehead atoms. The Balaban J connectivity index is 3.02. The van der Waals surface area contributed by atoms with E-state index in [9.17, 15) is 20.7 Å². The zero-order valence-corrected chi connectivity index (χ0v) is 9.92. The van der Waals surface area contributed by atoms with Crippen LogP contribution >= 0.6 is 0 Å². The van der Waals surface area contributed by atoms with Gasteiger partial charge in [0, 0.05) is 6.26 Å². The maximum absolute atomic E-state index is 12.1. The number of hydrogen-bond donors (Lipinski definition) is 0. The molecule has 0 fully saturated rings. The van der Waals surface area contributed by atoms with Gasteiger partial charge >= 0.3 is 10.2 Å². The molecule has 1 aromatic rings. The fraction of sp³-hybridized carbons (Fsp3) is 0.111. The highest BCUT2D eigenvalue weighted by Gasteiger charge is 2.05. The summed E-state index contributed by atoms with van der Waals surface area (Å²) in [5, 5.41) is 0.405. The second kappa shape index (κ2) is 4.34. The van der Waals surface area contributed by atoms with Crippen LogP contribution in [0.4, 0.5) is 3.89 Å². The second-order valence-electron chi connectivity index (χ2n) is 3.12. The summed E-state index contributed by atoms with van der Waals surface area (Å²) in [6.07, 6.45) is 2.10. The highest BCUT2D eigenvalue weighted by atomic mass is 32.3. The number of benzene rings is 1. The summed E-state index contributed by atoms with van der Waals surface area (Å²) in [7, 11) is -7.94. The molecular weight excluding hydrogens is 255 g/mol. The quantitative estimate of drug-likeness (QED) is 0.773. The fourth-order valence-electron chi connectivity index (χ4n) is 0.986. The van der Waals surface area contributed by atoms with E-state index in [1.54, 1.807) is 0 Å². The number of rotatable bonds is 3. The molecular formula is C9H9FO4S2. The Morgan fingerprint density at radius 2 is 1.56 bits per heavy atom. The van der Waals surface area contributed by atoms with E-state index < -0.39 is 20.1 Å². The Bertz CT molecular complexity index is 597. The SMILES string of the molecule is CS(=O)(=O)c1ccc(/C=C/S(=O)(=O)F)cc1. The second-order valence-corrected chi connectivity index (χ2v) is 6.36. The largest absolute Gasteiger partial charge is 0.325 e. The summed E-state index contributed by atoms with van der Waals surface area (Å²) in [6.45, 7) is 0. The minimum atomic E-state index is -4.66. The van der Waals surface area contributed by atoms with Crippen LogP contribution < -0.4 is 0 Å². The van der Waals surface area contributed by atoms with Crippen molar-refractivity contribution in [2.24, 2.45) is 0 Å². The molecule has 0 N–H and O–H groups in total. The lowest BCUT2D eigenvalue weighted by Crippen LogP contribution is -1.96. The van der Waals surface area contributed by atoms with Gasteiger partial charge in [0.15, 0.2) is 9.84 Å². The minimum Gasteiger partial charge on any atom is -0.224 e. The van der Waals surface area contributed by atoms with Crippen molar-refractivity contribution < 1.29 is 20.7 Å². The van der Waals surface area contributed by atoms with Crippen LogP contribution in [0.3, 0.4) is 0 Å². The molecule has 4 nitrogen and oxygen atoms in total. The van der Waals surface area contributed by atoms with Crippen LogP contribution in [0.2, 0.25) is 0 Å². The highest BCUT2D eigenvalue weighted by molar-refractivity contribution is 7.90. The summed E-state index contributed by atoms with van der Waals surface area (Å²) in [6, 6.07) is 5.41. The Morgan fingerprint density at radius 3 is 1.94 bits per heavy atom. The van der Waals surface area contributed by atoms with E-state index in [0.29, 0.717) is 11.0 Å². The molecule has 0 radical (unpaired) electrons. The number of sulfone groups is 1. The van der Waals surface area contributed by atoms with Crippen molar-refractivity contribution in [1.82, 2.24) is 0 Å². The average molecular weight is 264 g/mol. The van der Waals surface area contributed by atoms with Gasteiger partial charge in [-0.3, -0.25) is 0 Å². The standard InChI is InChI=1S/C9H9FO4S2/c1-15(11,12)9-4-2-8(3-5-9)6-7-16(10,13)14/h2-7H,1H3/b7-6+. The highest BCUT2D eigenvalue weighted by Crippen LogP contribution is 2.12. The van der Waals surface area contributed by atoms with Crippen LogP contribution in [0.25, 0.3) is 6.08 Å². The van der Waals surface area contributed by atoms with Crippen molar-refractivity contribution in [2.75, 3.05) is 6.26 Å². The Morgan fingerprint density at radius 1 is 1.06 bits per heavy atom. The Kier molecular flexibility index (Phi) is 3.49. The third-order valence-corrected chi connectivity index (χ3v) is 3.32. The van der Waals surface area contributed by atoms with Gasteiger partial charge < -0.3 is 0 Å².